The lowest BCUT2D eigenvalue weighted by Crippen LogP contribution is -2.40. The Morgan fingerprint density at radius 2 is 1.68 bits per heavy atom. The van der Waals surface area contributed by atoms with E-state index in [1.54, 1.807) is 37.3 Å². The van der Waals surface area contributed by atoms with Gasteiger partial charge in [-0.3, -0.25) is 9.52 Å². The van der Waals surface area contributed by atoms with E-state index >= 15 is 0 Å². The number of aryl methyl sites for hydroxylation is 2. The van der Waals surface area contributed by atoms with Gasteiger partial charge in [0.05, 0.1) is 10.5 Å². The summed E-state index contributed by atoms with van der Waals surface area (Å²) >= 11 is 0. The number of hydrogen-bond donors (Lipinski definition) is 2. The van der Waals surface area contributed by atoms with E-state index in [1.165, 1.54) is 19.1 Å². The van der Waals surface area contributed by atoms with Gasteiger partial charge in [0.25, 0.3) is 15.9 Å². The van der Waals surface area contributed by atoms with Crippen molar-refractivity contribution in [1.82, 2.24) is 5.32 Å². The first kappa shape index (κ1) is 22.8. The first-order chi connectivity index (χ1) is 14.7. The second-order valence-corrected chi connectivity index (χ2v) is 9.64. The zero-order valence-corrected chi connectivity index (χ0v) is 18.8. The molecule has 0 aromatic heterocycles. The summed E-state index contributed by atoms with van der Waals surface area (Å²) in [6.07, 6.45) is 3.05. The minimum atomic E-state index is -3.91. The van der Waals surface area contributed by atoms with Crippen LogP contribution in [0.4, 0.5) is 5.69 Å². The minimum Gasteiger partial charge on any atom is -0.449 e. The molecule has 3 rings (SSSR count). The zero-order valence-electron chi connectivity index (χ0n) is 18.0. The topological polar surface area (TPSA) is 102 Å². The Morgan fingerprint density at radius 3 is 2.32 bits per heavy atom. The summed E-state index contributed by atoms with van der Waals surface area (Å²) in [5.41, 5.74) is 1.99. The van der Waals surface area contributed by atoms with Gasteiger partial charge in [-0.1, -0.05) is 36.6 Å². The molecule has 0 radical (unpaired) electrons. The highest BCUT2D eigenvalue weighted by Crippen LogP contribution is 2.22. The molecule has 1 unspecified atom stereocenters. The number of benzene rings is 2. The Kier molecular flexibility index (Phi) is 7.00. The standard InChI is InChI=1S/C23H28N2O5S/c1-15-8-12-20(13-9-15)25-31(28,29)21-14-18(11-10-16(21)2)23(27)30-17(3)22(26)24-19-6-4-5-7-19/h8-14,17,19,25H,4-7H2,1-3H3,(H,24,26). The van der Waals surface area contributed by atoms with E-state index in [0.29, 0.717) is 11.3 Å². The van der Waals surface area contributed by atoms with Gasteiger partial charge >= 0.3 is 5.97 Å². The summed E-state index contributed by atoms with van der Waals surface area (Å²) in [6, 6.07) is 11.4. The molecule has 1 atom stereocenters. The van der Waals surface area contributed by atoms with Crippen molar-refractivity contribution in [2.45, 2.75) is 63.5 Å². The molecule has 1 amide bonds. The number of hydrogen-bond acceptors (Lipinski definition) is 5. The molecule has 0 heterocycles. The molecule has 8 heteroatoms. The van der Waals surface area contributed by atoms with Crippen molar-refractivity contribution in [3.8, 4) is 0 Å². The van der Waals surface area contributed by atoms with E-state index in [1.807, 2.05) is 6.92 Å². The molecule has 1 aliphatic rings. The number of amides is 1. The van der Waals surface area contributed by atoms with Crippen molar-refractivity contribution < 1.29 is 22.7 Å². The van der Waals surface area contributed by atoms with Crippen LogP contribution in [0.5, 0.6) is 0 Å². The van der Waals surface area contributed by atoms with Gasteiger partial charge in [-0.15, -0.1) is 0 Å². The molecule has 1 aliphatic carbocycles. The predicted molar refractivity (Wildman–Crippen MR) is 118 cm³/mol. The van der Waals surface area contributed by atoms with Gasteiger partial charge in [0.2, 0.25) is 0 Å². The van der Waals surface area contributed by atoms with Crippen molar-refractivity contribution >= 4 is 27.6 Å². The smallest absolute Gasteiger partial charge is 0.338 e. The number of ether oxygens (including phenoxy) is 1. The molecule has 1 saturated carbocycles. The monoisotopic (exact) mass is 444 g/mol. The molecule has 0 spiro atoms. The van der Waals surface area contributed by atoms with Crippen LogP contribution < -0.4 is 10.0 Å². The fourth-order valence-corrected chi connectivity index (χ4v) is 4.85. The van der Waals surface area contributed by atoms with Crippen LogP contribution in [-0.2, 0) is 19.6 Å². The lowest BCUT2D eigenvalue weighted by molar-refractivity contribution is -0.129. The van der Waals surface area contributed by atoms with E-state index in [4.69, 9.17) is 4.74 Å². The first-order valence-electron chi connectivity index (χ1n) is 10.4. The third kappa shape index (κ3) is 5.85. The number of nitrogens with one attached hydrogen (secondary N) is 2. The highest BCUT2D eigenvalue weighted by atomic mass is 32.2. The third-order valence-corrected chi connectivity index (χ3v) is 6.90. The molecular formula is C23H28N2O5S. The van der Waals surface area contributed by atoms with Gasteiger partial charge in [-0.05, 0) is 63.4 Å². The molecule has 1 fully saturated rings. The van der Waals surface area contributed by atoms with Crippen molar-refractivity contribution in [2.75, 3.05) is 4.72 Å². The number of carbonyl (C=O) groups excluding carboxylic acids is 2. The number of esters is 1. The van der Waals surface area contributed by atoms with Crippen LogP contribution in [-0.4, -0.2) is 32.4 Å². The summed E-state index contributed by atoms with van der Waals surface area (Å²) in [5.74, 6) is -1.10. The van der Waals surface area contributed by atoms with Crippen molar-refractivity contribution in [1.29, 1.82) is 0 Å². The Hall–Kier alpha value is -2.87. The predicted octanol–water partition coefficient (Wildman–Crippen LogP) is 3.71. The molecule has 166 valence electrons. The SMILES string of the molecule is Cc1ccc(NS(=O)(=O)c2cc(C(=O)OC(C)C(=O)NC3CCCC3)ccc2C)cc1. The van der Waals surface area contributed by atoms with Crippen LogP contribution in [0, 0.1) is 13.8 Å². The Labute approximate surface area is 183 Å². The van der Waals surface area contributed by atoms with E-state index in [9.17, 15) is 18.0 Å². The molecule has 2 N–H and O–H groups in total. The summed E-state index contributed by atoms with van der Waals surface area (Å²) in [5, 5.41) is 2.89. The van der Waals surface area contributed by atoms with Crippen molar-refractivity contribution in [3.05, 3.63) is 59.2 Å². The summed E-state index contributed by atoms with van der Waals surface area (Å²) in [7, 11) is -3.91. The van der Waals surface area contributed by atoms with Crippen LogP contribution in [0.1, 0.15) is 54.1 Å². The molecule has 31 heavy (non-hydrogen) atoms. The fraction of sp³-hybridized carbons (Fsp3) is 0.391. The average Bonchev–Trinajstić information content (AvgIpc) is 3.22. The molecule has 7 nitrogen and oxygen atoms in total. The van der Waals surface area contributed by atoms with Gasteiger partial charge in [0, 0.05) is 11.7 Å². The molecule has 2 aromatic rings. The lowest BCUT2D eigenvalue weighted by Gasteiger charge is -2.17. The summed E-state index contributed by atoms with van der Waals surface area (Å²) in [6.45, 7) is 5.07. The van der Waals surface area contributed by atoms with Gasteiger partial charge in [0.1, 0.15) is 0 Å². The van der Waals surface area contributed by atoms with Crippen LogP contribution in [0.15, 0.2) is 47.4 Å². The number of anilines is 1. The highest BCUT2D eigenvalue weighted by molar-refractivity contribution is 7.92. The number of carbonyl (C=O) groups is 2. The van der Waals surface area contributed by atoms with E-state index in [-0.39, 0.29) is 22.4 Å². The van der Waals surface area contributed by atoms with Crippen molar-refractivity contribution in [3.63, 3.8) is 0 Å². The number of rotatable bonds is 7. The Morgan fingerprint density at radius 1 is 1.03 bits per heavy atom. The molecule has 0 saturated heterocycles. The Bertz CT molecular complexity index is 1060. The summed E-state index contributed by atoms with van der Waals surface area (Å²) in [4.78, 5) is 24.8. The van der Waals surface area contributed by atoms with Crippen molar-refractivity contribution in [2.24, 2.45) is 0 Å². The fourth-order valence-electron chi connectivity index (χ4n) is 3.52. The maximum atomic E-state index is 12.9. The molecule has 0 aliphatic heterocycles. The van der Waals surface area contributed by atoms with E-state index in [0.717, 1.165) is 31.2 Å². The quantitative estimate of drug-likeness (QED) is 0.634. The largest absolute Gasteiger partial charge is 0.449 e. The normalized spacial score (nSPS) is 15.3. The molecule has 2 aromatic carbocycles. The lowest BCUT2D eigenvalue weighted by atomic mass is 10.1. The van der Waals surface area contributed by atoms with Crippen LogP contribution in [0.3, 0.4) is 0 Å². The molecular weight excluding hydrogens is 416 g/mol. The Balaban J connectivity index is 1.72. The minimum absolute atomic E-state index is 0.0226. The third-order valence-electron chi connectivity index (χ3n) is 5.37. The second-order valence-electron chi connectivity index (χ2n) is 7.99. The first-order valence-corrected chi connectivity index (χ1v) is 11.9. The maximum absolute atomic E-state index is 12.9. The van der Waals surface area contributed by atoms with Gasteiger partial charge in [0.15, 0.2) is 6.10 Å². The average molecular weight is 445 g/mol. The highest BCUT2D eigenvalue weighted by Gasteiger charge is 2.25. The van der Waals surface area contributed by atoms with Crippen LogP contribution in [0.2, 0.25) is 0 Å². The maximum Gasteiger partial charge on any atom is 0.338 e. The molecule has 0 bridgehead atoms. The van der Waals surface area contributed by atoms with Gasteiger partial charge < -0.3 is 10.1 Å². The van der Waals surface area contributed by atoms with Crippen LogP contribution in [0.25, 0.3) is 0 Å². The number of sulfonamides is 1. The van der Waals surface area contributed by atoms with Gasteiger partial charge in [-0.25, -0.2) is 13.2 Å². The zero-order chi connectivity index (χ0) is 22.6. The van der Waals surface area contributed by atoms with Gasteiger partial charge in [-0.2, -0.15) is 0 Å². The van der Waals surface area contributed by atoms with E-state index in [2.05, 4.69) is 10.0 Å². The summed E-state index contributed by atoms with van der Waals surface area (Å²) < 4.78 is 33.6. The van der Waals surface area contributed by atoms with E-state index < -0.39 is 22.1 Å². The van der Waals surface area contributed by atoms with Crippen LogP contribution >= 0.6 is 0 Å². The second kappa shape index (κ2) is 9.51.